The third kappa shape index (κ3) is 5.55. The number of aryl methyl sites for hydroxylation is 1. The molecule has 0 radical (unpaired) electrons. The molecule has 0 amide bonds. The summed E-state index contributed by atoms with van der Waals surface area (Å²) in [5.74, 6) is -1.77. The minimum absolute atomic E-state index is 0.00287. The molecular weight excluding hydrogens is 420 g/mol. The molecule has 7 nitrogen and oxygen atoms in total. The van der Waals surface area contributed by atoms with Gasteiger partial charge in [-0.25, -0.2) is 4.98 Å². The fraction of sp³-hybridized carbons (Fsp3) is 0.308. The molecule has 0 saturated carbocycles. The van der Waals surface area contributed by atoms with Crippen LogP contribution in [0, 0.1) is 18.3 Å². The summed E-state index contributed by atoms with van der Waals surface area (Å²) in [6, 6.07) is 12.6. The van der Waals surface area contributed by atoms with Gasteiger partial charge in [0.2, 0.25) is 5.89 Å². The minimum Gasteiger partial charge on any atom is -0.508 e. The number of carbonyl (C=O) groups is 2. The number of aliphatic carboxylic acids is 1. The maximum atomic E-state index is 13.1. The predicted octanol–water partition coefficient (Wildman–Crippen LogP) is 4.94. The second kappa shape index (κ2) is 10.3. The van der Waals surface area contributed by atoms with Crippen molar-refractivity contribution in [3.63, 3.8) is 0 Å². The number of ketones is 1. The van der Waals surface area contributed by atoms with Crippen LogP contribution in [0.15, 0.2) is 53.1 Å². The molecule has 172 valence electrons. The van der Waals surface area contributed by atoms with Gasteiger partial charge in [0.15, 0.2) is 5.78 Å². The number of aromatic nitrogens is 1. The zero-order valence-electron chi connectivity index (χ0n) is 19.0. The highest BCUT2D eigenvalue weighted by Crippen LogP contribution is 2.31. The van der Waals surface area contributed by atoms with E-state index in [1.165, 1.54) is 12.3 Å². The molecule has 1 aromatic heterocycles. The van der Waals surface area contributed by atoms with Crippen LogP contribution in [0.5, 0.6) is 5.75 Å². The molecule has 2 aromatic carbocycles. The summed E-state index contributed by atoms with van der Waals surface area (Å²) in [6.45, 7) is 5.39. The molecule has 33 heavy (non-hydrogen) atoms. The molecule has 0 saturated heterocycles. The number of hydrogen-bond acceptors (Lipinski definition) is 6. The highest BCUT2D eigenvalue weighted by Gasteiger charge is 2.27. The van der Waals surface area contributed by atoms with Crippen molar-refractivity contribution in [2.24, 2.45) is 5.92 Å². The van der Waals surface area contributed by atoms with E-state index in [1.807, 2.05) is 38.1 Å². The smallest absolute Gasteiger partial charge is 0.306 e. The number of phenolic OH excluding ortho intramolecular Hbond substituents is 1. The van der Waals surface area contributed by atoms with Gasteiger partial charge >= 0.3 is 5.97 Å². The first-order valence-electron chi connectivity index (χ1n) is 10.9. The average molecular weight is 449 g/mol. The zero-order chi connectivity index (χ0) is 24.1. The van der Waals surface area contributed by atoms with Gasteiger partial charge in [-0.2, -0.15) is 0 Å². The molecule has 3 rings (SSSR count). The number of Topliss-reactive ketones (excluding diaryl/α,β-unsaturated/α-hetero) is 1. The van der Waals surface area contributed by atoms with Crippen LogP contribution in [0.25, 0.3) is 11.1 Å². The van der Waals surface area contributed by atoms with Gasteiger partial charge in [0, 0.05) is 12.8 Å². The molecule has 0 aliphatic heterocycles. The summed E-state index contributed by atoms with van der Waals surface area (Å²) in [6.07, 6.45) is 2.10. The molecule has 2 unspecified atom stereocenters. The van der Waals surface area contributed by atoms with E-state index in [0.717, 1.165) is 22.3 Å². The van der Waals surface area contributed by atoms with Crippen molar-refractivity contribution in [1.82, 2.24) is 4.98 Å². The highest BCUT2D eigenvalue weighted by atomic mass is 16.4. The maximum absolute atomic E-state index is 13.1. The van der Waals surface area contributed by atoms with E-state index in [0.29, 0.717) is 12.2 Å². The zero-order valence-corrected chi connectivity index (χ0v) is 19.0. The molecule has 7 heteroatoms. The van der Waals surface area contributed by atoms with E-state index >= 15 is 0 Å². The Hall–Kier alpha value is -3.74. The predicted molar refractivity (Wildman–Crippen MR) is 125 cm³/mol. The quantitative estimate of drug-likeness (QED) is 0.377. The monoisotopic (exact) mass is 448 g/mol. The van der Waals surface area contributed by atoms with E-state index in [9.17, 15) is 14.7 Å². The SMILES string of the molecule is CCC(C(=N)C(=O)Cc1ccc(O)cc1-c1ccccc1C)c1ncc(CC(C)C(=O)O)o1. The van der Waals surface area contributed by atoms with Crippen molar-refractivity contribution >= 4 is 17.5 Å². The third-order valence-corrected chi connectivity index (χ3v) is 5.74. The number of nitrogens with one attached hydrogen (secondary N) is 1. The Balaban J connectivity index is 1.82. The van der Waals surface area contributed by atoms with Gasteiger partial charge in [-0.05, 0) is 47.7 Å². The van der Waals surface area contributed by atoms with Crippen molar-refractivity contribution in [2.45, 2.75) is 46.0 Å². The van der Waals surface area contributed by atoms with Gasteiger partial charge in [0.1, 0.15) is 11.5 Å². The Morgan fingerprint density at radius 3 is 2.55 bits per heavy atom. The molecule has 0 spiro atoms. The summed E-state index contributed by atoms with van der Waals surface area (Å²) in [7, 11) is 0. The summed E-state index contributed by atoms with van der Waals surface area (Å²) in [5.41, 5.74) is 3.29. The fourth-order valence-corrected chi connectivity index (χ4v) is 3.78. The number of carboxylic acid groups (broad SMARTS) is 1. The molecule has 0 fully saturated rings. The number of aromatic hydroxyl groups is 1. The van der Waals surface area contributed by atoms with Gasteiger partial charge in [0.25, 0.3) is 0 Å². The van der Waals surface area contributed by atoms with Crippen LogP contribution in [0.1, 0.15) is 49.0 Å². The van der Waals surface area contributed by atoms with Crippen LogP contribution in [-0.2, 0) is 22.4 Å². The van der Waals surface area contributed by atoms with Crippen LogP contribution in [0.3, 0.4) is 0 Å². The molecule has 3 N–H and O–H groups in total. The standard InChI is InChI=1S/C26H28N2O5/c1-4-20(25-28-14-19(33-25)11-16(3)26(31)32)24(27)23(30)12-17-9-10-18(29)13-22(17)21-8-6-5-7-15(21)2/h5-10,13-14,16,20,27,29H,4,11-12H2,1-3H3,(H,31,32). The van der Waals surface area contributed by atoms with Crippen LogP contribution in [0.2, 0.25) is 0 Å². The number of rotatable bonds is 10. The van der Waals surface area contributed by atoms with Gasteiger partial charge in [-0.1, -0.05) is 44.2 Å². The van der Waals surface area contributed by atoms with Crippen molar-refractivity contribution < 1.29 is 24.2 Å². The average Bonchev–Trinajstić information content (AvgIpc) is 3.23. The first kappa shape index (κ1) is 23.9. The van der Waals surface area contributed by atoms with E-state index in [-0.39, 0.29) is 36.0 Å². The lowest BCUT2D eigenvalue weighted by atomic mass is 9.89. The second-order valence-electron chi connectivity index (χ2n) is 8.24. The van der Waals surface area contributed by atoms with E-state index in [2.05, 4.69) is 4.98 Å². The lowest BCUT2D eigenvalue weighted by Crippen LogP contribution is -2.23. The second-order valence-corrected chi connectivity index (χ2v) is 8.24. The molecule has 3 aromatic rings. The highest BCUT2D eigenvalue weighted by molar-refractivity contribution is 6.41. The fourth-order valence-electron chi connectivity index (χ4n) is 3.78. The Morgan fingerprint density at radius 2 is 1.88 bits per heavy atom. The Labute approximate surface area is 192 Å². The Kier molecular flexibility index (Phi) is 7.43. The lowest BCUT2D eigenvalue weighted by molar-refractivity contribution is -0.141. The molecule has 0 bridgehead atoms. The van der Waals surface area contributed by atoms with Gasteiger partial charge in [-0.3, -0.25) is 9.59 Å². The Bertz CT molecular complexity index is 1180. The van der Waals surface area contributed by atoms with Crippen molar-refractivity contribution in [2.75, 3.05) is 0 Å². The van der Waals surface area contributed by atoms with E-state index < -0.39 is 17.8 Å². The van der Waals surface area contributed by atoms with Crippen molar-refractivity contribution in [1.29, 1.82) is 5.41 Å². The van der Waals surface area contributed by atoms with Gasteiger partial charge < -0.3 is 20.0 Å². The minimum atomic E-state index is -0.929. The summed E-state index contributed by atoms with van der Waals surface area (Å²) < 4.78 is 5.70. The maximum Gasteiger partial charge on any atom is 0.306 e. The molecular formula is C26H28N2O5. The number of hydrogen-bond donors (Lipinski definition) is 3. The molecule has 1 heterocycles. The molecule has 0 aliphatic carbocycles. The Morgan fingerprint density at radius 1 is 1.15 bits per heavy atom. The summed E-state index contributed by atoms with van der Waals surface area (Å²) >= 11 is 0. The number of phenols is 1. The van der Waals surface area contributed by atoms with E-state index in [1.54, 1.807) is 19.1 Å². The number of carboxylic acids is 1. The van der Waals surface area contributed by atoms with Crippen LogP contribution in [0.4, 0.5) is 0 Å². The number of nitrogens with zero attached hydrogens (tertiary/aromatic N) is 1. The van der Waals surface area contributed by atoms with Gasteiger partial charge in [0.05, 0.1) is 23.7 Å². The normalized spacial score (nSPS) is 12.8. The number of carbonyl (C=O) groups excluding carboxylic acids is 1. The first-order chi connectivity index (χ1) is 15.7. The first-order valence-corrected chi connectivity index (χ1v) is 10.9. The van der Waals surface area contributed by atoms with Crippen LogP contribution < -0.4 is 0 Å². The summed E-state index contributed by atoms with van der Waals surface area (Å²) in [4.78, 5) is 28.4. The number of benzene rings is 2. The summed E-state index contributed by atoms with van der Waals surface area (Å²) in [5, 5.41) is 27.6. The van der Waals surface area contributed by atoms with Crippen molar-refractivity contribution in [3.8, 4) is 16.9 Å². The third-order valence-electron chi connectivity index (χ3n) is 5.74. The molecule has 0 aliphatic rings. The van der Waals surface area contributed by atoms with Crippen molar-refractivity contribution in [3.05, 3.63) is 71.4 Å². The largest absolute Gasteiger partial charge is 0.508 e. The number of oxazole rings is 1. The molecule has 2 atom stereocenters. The van der Waals surface area contributed by atoms with E-state index in [4.69, 9.17) is 14.9 Å². The lowest BCUT2D eigenvalue weighted by Gasteiger charge is -2.15. The van der Waals surface area contributed by atoms with Crippen LogP contribution >= 0.6 is 0 Å². The van der Waals surface area contributed by atoms with Gasteiger partial charge in [-0.15, -0.1) is 0 Å². The van der Waals surface area contributed by atoms with Crippen LogP contribution in [-0.4, -0.2) is 32.7 Å². The topological polar surface area (TPSA) is 124 Å².